The highest BCUT2D eigenvalue weighted by molar-refractivity contribution is 6.12. The Bertz CT molecular complexity index is 250. The van der Waals surface area contributed by atoms with Crippen LogP contribution < -0.4 is 0 Å². The van der Waals surface area contributed by atoms with E-state index in [0.29, 0.717) is 24.6 Å². The molecule has 0 bridgehead atoms. The van der Waals surface area contributed by atoms with Crippen LogP contribution in [0.2, 0.25) is 0 Å². The molecule has 4 heteroatoms. The first-order valence-electron chi connectivity index (χ1n) is 4.84. The minimum atomic E-state index is -0.108. The fourth-order valence-electron chi connectivity index (χ4n) is 3.45. The molecule has 70 valence electrons. The highest BCUT2D eigenvalue weighted by Gasteiger charge is 2.73. The van der Waals surface area contributed by atoms with Crippen molar-refractivity contribution in [1.29, 1.82) is 0 Å². The van der Waals surface area contributed by atoms with Crippen molar-refractivity contribution in [1.82, 2.24) is 4.90 Å². The van der Waals surface area contributed by atoms with E-state index in [1.54, 1.807) is 7.11 Å². The van der Waals surface area contributed by atoms with Gasteiger partial charge in [0, 0.05) is 31.1 Å². The lowest BCUT2D eigenvalue weighted by molar-refractivity contribution is -0.200. The average molecular weight is 179 g/mol. The normalized spacial score (nSPS) is 58.3. The van der Waals surface area contributed by atoms with Gasteiger partial charge >= 0.3 is 0 Å². The van der Waals surface area contributed by atoms with E-state index in [2.05, 4.69) is 11.9 Å². The number of nitrogens with zero attached hydrogens (tertiary/aromatic N) is 1. The first kappa shape index (κ1) is 8.27. The minimum Gasteiger partial charge on any atom is -0.382 e. The van der Waals surface area contributed by atoms with E-state index >= 15 is 0 Å². The number of methoxy groups -OCH3 is 1. The molecule has 2 unspecified atom stereocenters. The molecule has 0 N–H and O–H groups in total. The lowest BCUT2D eigenvalue weighted by Crippen LogP contribution is -2.76. The van der Waals surface area contributed by atoms with E-state index in [9.17, 15) is 0 Å². The molecule has 2 aliphatic heterocycles. The van der Waals surface area contributed by atoms with Crippen LogP contribution in [-0.4, -0.2) is 57.2 Å². The fourth-order valence-corrected chi connectivity index (χ4v) is 3.45. The summed E-state index contributed by atoms with van der Waals surface area (Å²) in [5.74, 6) is 0.632. The quantitative estimate of drug-likeness (QED) is 0.538. The Morgan fingerprint density at radius 1 is 1.69 bits per heavy atom. The largest absolute Gasteiger partial charge is 0.382 e. The highest BCUT2D eigenvalue weighted by Crippen LogP contribution is 2.60. The highest BCUT2D eigenvalue weighted by atomic mass is 16.6. The summed E-state index contributed by atoms with van der Waals surface area (Å²) in [5, 5.41) is 0. The number of piperidine rings is 1. The van der Waals surface area contributed by atoms with Gasteiger partial charge in [-0.25, -0.2) is 0 Å². The Labute approximate surface area is 79.8 Å². The van der Waals surface area contributed by atoms with Gasteiger partial charge in [0.05, 0.1) is 12.2 Å². The van der Waals surface area contributed by atoms with E-state index in [1.165, 1.54) is 0 Å². The van der Waals surface area contributed by atoms with Crippen molar-refractivity contribution in [2.45, 2.75) is 30.1 Å². The molecule has 3 aliphatic rings. The number of likely N-dealkylation sites (tertiary alicyclic amines) is 1. The summed E-state index contributed by atoms with van der Waals surface area (Å²) in [6.07, 6.45) is 1.09. The van der Waals surface area contributed by atoms with Crippen LogP contribution in [0.5, 0.6) is 0 Å². The molecule has 3 fully saturated rings. The SMILES string of the molecule is [B][C@@H]1O[C@@]2(COC)CC3C2[C@@H]1N3C. The fraction of sp³-hybridized carbons (Fsp3) is 1.00. The molecule has 2 saturated heterocycles. The van der Waals surface area contributed by atoms with Gasteiger partial charge in [0.2, 0.25) is 0 Å². The molecule has 0 aromatic carbocycles. The molecule has 3 rings (SSSR count). The Kier molecular flexibility index (Phi) is 1.46. The summed E-state index contributed by atoms with van der Waals surface area (Å²) in [7, 11) is 9.79. The van der Waals surface area contributed by atoms with E-state index in [-0.39, 0.29) is 11.6 Å². The second kappa shape index (κ2) is 2.30. The van der Waals surface area contributed by atoms with E-state index in [4.69, 9.17) is 17.3 Å². The number of rotatable bonds is 2. The van der Waals surface area contributed by atoms with Crippen molar-refractivity contribution in [3.8, 4) is 0 Å². The van der Waals surface area contributed by atoms with Gasteiger partial charge in [-0.3, -0.25) is 4.90 Å². The van der Waals surface area contributed by atoms with E-state index < -0.39 is 0 Å². The number of likely N-dealkylation sites (N-methyl/N-ethyl adjacent to an activating group) is 1. The Balaban J connectivity index is 1.84. The predicted octanol–water partition coefficient (Wildman–Crippen LogP) is -0.401. The molecular weight excluding hydrogens is 165 g/mol. The maximum atomic E-state index is 5.92. The zero-order valence-corrected chi connectivity index (χ0v) is 8.06. The second-order valence-electron chi connectivity index (χ2n) is 4.53. The third-order valence-corrected chi connectivity index (χ3v) is 4.03. The summed E-state index contributed by atoms with van der Waals surface area (Å²) in [6.45, 7) is 0.701. The van der Waals surface area contributed by atoms with Crippen molar-refractivity contribution < 1.29 is 9.47 Å². The number of hydrogen-bond donors (Lipinski definition) is 0. The van der Waals surface area contributed by atoms with Gasteiger partial charge in [-0.2, -0.15) is 0 Å². The molecule has 5 atom stereocenters. The monoisotopic (exact) mass is 179 g/mol. The van der Waals surface area contributed by atoms with Crippen LogP contribution in [0.1, 0.15) is 6.42 Å². The van der Waals surface area contributed by atoms with Gasteiger partial charge in [0.25, 0.3) is 0 Å². The maximum Gasteiger partial charge on any atom is 0.111 e. The number of hydrogen-bond acceptors (Lipinski definition) is 3. The molecular formula is C9H14BNO2. The lowest BCUT2D eigenvalue weighted by atomic mass is 9.55. The van der Waals surface area contributed by atoms with E-state index in [1.807, 2.05) is 0 Å². The molecule has 1 aliphatic carbocycles. The minimum absolute atomic E-state index is 0.0317. The standard InChI is InChI=1S/C9H14BNO2/c1-11-5-3-9(4-12-2)6(5)7(11)8(10)13-9/h5-8H,3-4H2,1-2H3/t5?,6?,7-,8+,9+/m0/s1. The van der Waals surface area contributed by atoms with Crippen LogP contribution in [0, 0.1) is 5.92 Å². The van der Waals surface area contributed by atoms with Gasteiger partial charge < -0.3 is 9.47 Å². The van der Waals surface area contributed by atoms with Gasteiger partial charge in [-0.05, 0) is 13.5 Å². The molecule has 0 aromatic rings. The maximum absolute atomic E-state index is 5.92. The third kappa shape index (κ3) is 0.740. The molecule has 0 aromatic heterocycles. The molecule has 2 radical (unpaired) electrons. The summed E-state index contributed by atoms with van der Waals surface area (Å²) in [4.78, 5) is 2.34. The van der Waals surface area contributed by atoms with Crippen LogP contribution in [0.25, 0.3) is 0 Å². The van der Waals surface area contributed by atoms with Crippen LogP contribution in [0.15, 0.2) is 0 Å². The molecule has 2 heterocycles. The zero-order chi connectivity index (χ0) is 9.22. The van der Waals surface area contributed by atoms with Crippen molar-refractivity contribution in [3.05, 3.63) is 0 Å². The first-order chi connectivity index (χ1) is 6.19. The summed E-state index contributed by atoms with van der Waals surface area (Å²) in [6, 6.07) is 1.03. The summed E-state index contributed by atoms with van der Waals surface area (Å²) < 4.78 is 11.0. The van der Waals surface area contributed by atoms with Crippen LogP contribution in [0.3, 0.4) is 0 Å². The predicted molar refractivity (Wildman–Crippen MR) is 48.7 cm³/mol. The van der Waals surface area contributed by atoms with Crippen LogP contribution in [0.4, 0.5) is 0 Å². The Hall–Kier alpha value is -0.0551. The molecule has 0 spiro atoms. The Morgan fingerprint density at radius 3 is 3.15 bits per heavy atom. The molecule has 3 nitrogen and oxygen atoms in total. The topological polar surface area (TPSA) is 21.7 Å². The van der Waals surface area contributed by atoms with Gasteiger partial charge in [-0.15, -0.1) is 0 Å². The second-order valence-corrected chi connectivity index (χ2v) is 4.53. The average Bonchev–Trinajstić information content (AvgIpc) is 2.15. The third-order valence-electron chi connectivity index (χ3n) is 4.03. The number of ether oxygens (including phenoxy) is 2. The lowest BCUT2D eigenvalue weighted by Gasteiger charge is -2.64. The van der Waals surface area contributed by atoms with Crippen LogP contribution in [-0.2, 0) is 9.47 Å². The van der Waals surface area contributed by atoms with Crippen molar-refractivity contribution in [3.63, 3.8) is 0 Å². The summed E-state index contributed by atoms with van der Waals surface area (Å²) >= 11 is 0. The molecule has 0 amide bonds. The van der Waals surface area contributed by atoms with Gasteiger partial charge in [-0.1, -0.05) is 0 Å². The van der Waals surface area contributed by atoms with Crippen LogP contribution >= 0.6 is 0 Å². The molecule has 1 saturated carbocycles. The van der Waals surface area contributed by atoms with Gasteiger partial charge in [0.15, 0.2) is 0 Å². The van der Waals surface area contributed by atoms with Crippen molar-refractivity contribution in [2.75, 3.05) is 20.8 Å². The van der Waals surface area contributed by atoms with E-state index in [0.717, 1.165) is 6.42 Å². The first-order valence-corrected chi connectivity index (χ1v) is 4.84. The smallest absolute Gasteiger partial charge is 0.111 e. The summed E-state index contributed by atoms with van der Waals surface area (Å²) in [5.41, 5.74) is -0.0317. The van der Waals surface area contributed by atoms with Crippen molar-refractivity contribution in [2.24, 2.45) is 5.92 Å². The Morgan fingerprint density at radius 2 is 2.46 bits per heavy atom. The van der Waals surface area contributed by atoms with Gasteiger partial charge in [0.1, 0.15) is 7.85 Å². The molecule has 13 heavy (non-hydrogen) atoms. The zero-order valence-electron chi connectivity index (χ0n) is 8.06. The van der Waals surface area contributed by atoms with Crippen molar-refractivity contribution >= 4 is 7.85 Å².